The molecular weight excluding hydrogens is 321 g/mol. The van der Waals surface area contributed by atoms with Crippen LogP contribution in [-0.2, 0) is 4.79 Å². The van der Waals surface area contributed by atoms with Crippen LogP contribution in [0.3, 0.4) is 0 Å². The normalized spacial score (nSPS) is 10.5. The summed E-state index contributed by atoms with van der Waals surface area (Å²) in [7, 11) is 0. The summed E-state index contributed by atoms with van der Waals surface area (Å²) in [4.78, 5) is 28.1. The minimum absolute atomic E-state index is 0.199. The molecule has 0 aliphatic rings. The third-order valence-electron chi connectivity index (χ3n) is 3.58. The Hall–Kier alpha value is -3.28. The van der Waals surface area contributed by atoms with Crippen LogP contribution in [0.4, 0.5) is 15.8 Å². The molecule has 3 aromatic rings. The lowest BCUT2D eigenvalue weighted by atomic mass is 10.1. The molecule has 0 aliphatic heterocycles. The van der Waals surface area contributed by atoms with Gasteiger partial charge in [0, 0.05) is 29.4 Å². The second-order valence-electron chi connectivity index (χ2n) is 5.69. The van der Waals surface area contributed by atoms with Crippen molar-refractivity contribution in [2.24, 2.45) is 0 Å². The first kappa shape index (κ1) is 16.6. The Bertz CT molecular complexity index is 986. The van der Waals surface area contributed by atoms with E-state index >= 15 is 0 Å². The van der Waals surface area contributed by atoms with Crippen LogP contribution in [0.5, 0.6) is 0 Å². The fraction of sp³-hybridized carbons (Fsp3) is 0.105. The topological polar surface area (TPSA) is 71.1 Å². The van der Waals surface area contributed by atoms with Gasteiger partial charge in [0.15, 0.2) is 0 Å². The summed E-state index contributed by atoms with van der Waals surface area (Å²) in [5, 5.41) is 5.87. The number of benzene rings is 2. The van der Waals surface area contributed by atoms with Gasteiger partial charge in [0.2, 0.25) is 5.91 Å². The summed E-state index contributed by atoms with van der Waals surface area (Å²) >= 11 is 0. The summed E-state index contributed by atoms with van der Waals surface area (Å²) in [5.74, 6) is -1.00. The van der Waals surface area contributed by atoms with Crippen molar-refractivity contribution in [3.63, 3.8) is 0 Å². The molecule has 0 saturated heterocycles. The highest BCUT2D eigenvalue weighted by molar-refractivity contribution is 6.12. The number of carbonyl (C=O) groups excluding carboxylic acids is 2. The monoisotopic (exact) mass is 337 g/mol. The predicted octanol–water partition coefficient (Wildman–Crippen LogP) is 3.89. The average Bonchev–Trinajstić information content (AvgIpc) is 2.54. The van der Waals surface area contributed by atoms with E-state index in [1.807, 2.05) is 0 Å². The van der Waals surface area contributed by atoms with Crippen LogP contribution in [0, 0.1) is 12.7 Å². The zero-order valence-electron chi connectivity index (χ0n) is 13.8. The van der Waals surface area contributed by atoms with Crippen molar-refractivity contribution in [2.75, 3.05) is 10.6 Å². The number of rotatable bonds is 3. The molecule has 0 spiro atoms. The number of nitrogens with one attached hydrogen (secondary N) is 2. The third kappa shape index (κ3) is 3.80. The highest BCUT2D eigenvalue weighted by atomic mass is 19.1. The number of carbonyl (C=O) groups is 2. The molecule has 126 valence electrons. The Morgan fingerprint density at radius 3 is 2.44 bits per heavy atom. The van der Waals surface area contributed by atoms with Crippen molar-refractivity contribution in [1.82, 2.24) is 4.98 Å². The number of aryl methyl sites for hydroxylation is 1. The van der Waals surface area contributed by atoms with Crippen molar-refractivity contribution >= 4 is 34.1 Å². The van der Waals surface area contributed by atoms with E-state index in [1.165, 1.54) is 19.1 Å². The number of aromatic nitrogens is 1. The molecule has 0 bridgehead atoms. The van der Waals surface area contributed by atoms with Gasteiger partial charge in [-0.05, 0) is 49.4 Å². The SMILES string of the molecule is CC(=O)Nc1cccc(NC(=O)c2cc(C)nc3ccc(F)cc23)c1. The quantitative estimate of drug-likeness (QED) is 0.761. The molecule has 0 atom stereocenters. The molecule has 0 radical (unpaired) electrons. The summed E-state index contributed by atoms with van der Waals surface area (Å²) in [6, 6.07) is 12.6. The van der Waals surface area contributed by atoms with Gasteiger partial charge >= 0.3 is 0 Å². The number of hydrogen-bond donors (Lipinski definition) is 2. The van der Waals surface area contributed by atoms with Crippen LogP contribution in [0.2, 0.25) is 0 Å². The third-order valence-corrected chi connectivity index (χ3v) is 3.58. The molecule has 25 heavy (non-hydrogen) atoms. The number of anilines is 2. The molecule has 1 aromatic heterocycles. The van der Waals surface area contributed by atoms with Crippen LogP contribution in [-0.4, -0.2) is 16.8 Å². The molecule has 2 amide bonds. The van der Waals surface area contributed by atoms with Crippen molar-refractivity contribution in [1.29, 1.82) is 0 Å². The summed E-state index contributed by atoms with van der Waals surface area (Å²) in [6.45, 7) is 3.18. The number of hydrogen-bond acceptors (Lipinski definition) is 3. The van der Waals surface area contributed by atoms with Crippen LogP contribution >= 0.6 is 0 Å². The molecule has 6 heteroatoms. The fourth-order valence-corrected chi connectivity index (χ4v) is 2.59. The number of pyridine rings is 1. The van der Waals surface area contributed by atoms with Gasteiger partial charge in [-0.1, -0.05) is 6.07 Å². The van der Waals surface area contributed by atoms with E-state index in [2.05, 4.69) is 15.6 Å². The minimum atomic E-state index is -0.431. The van der Waals surface area contributed by atoms with Gasteiger partial charge in [0.05, 0.1) is 11.1 Å². The van der Waals surface area contributed by atoms with Crippen molar-refractivity contribution < 1.29 is 14.0 Å². The molecule has 2 aromatic carbocycles. The van der Waals surface area contributed by atoms with Gasteiger partial charge in [-0.3, -0.25) is 14.6 Å². The van der Waals surface area contributed by atoms with Crippen molar-refractivity contribution in [3.05, 3.63) is 65.6 Å². The summed E-state index contributed by atoms with van der Waals surface area (Å²) < 4.78 is 13.6. The highest BCUT2D eigenvalue weighted by Crippen LogP contribution is 2.22. The average molecular weight is 337 g/mol. The first-order valence-electron chi connectivity index (χ1n) is 7.68. The Labute approximate surface area is 143 Å². The van der Waals surface area contributed by atoms with E-state index in [0.717, 1.165) is 0 Å². The minimum Gasteiger partial charge on any atom is -0.326 e. The number of amides is 2. The predicted molar refractivity (Wildman–Crippen MR) is 95.1 cm³/mol. The van der Waals surface area contributed by atoms with E-state index in [4.69, 9.17) is 0 Å². The van der Waals surface area contributed by atoms with Gasteiger partial charge in [0.25, 0.3) is 5.91 Å². The highest BCUT2D eigenvalue weighted by Gasteiger charge is 2.13. The smallest absolute Gasteiger partial charge is 0.256 e. The molecule has 0 aliphatic carbocycles. The molecule has 0 saturated carbocycles. The number of halogens is 1. The summed E-state index contributed by atoms with van der Waals surface area (Å²) in [5.41, 5.74) is 2.66. The second kappa shape index (κ2) is 6.68. The standard InChI is InChI=1S/C19H16FN3O2/c1-11-8-17(16-9-13(20)6-7-18(16)21-11)19(25)23-15-5-3-4-14(10-15)22-12(2)24/h3-10H,1-2H3,(H,22,24)(H,23,25). The molecule has 0 fully saturated rings. The van der Waals surface area contributed by atoms with Crippen LogP contribution in [0.1, 0.15) is 23.0 Å². The zero-order chi connectivity index (χ0) is 18.0. The zero-order valence-corrected chi connectivity index (χ0v) is 13.8. The first-order chi connectivity index (χ1) is 11.9. The van der Waals surface area contributed by atoms with Crippen LogP contribution in [0.25, 0.3) is 10.9 Å². The second-order valence-corrected chi connectivity index (χ2v) is 5.69. The maximum absolute atomic E-state index is 13.6. The van der Waals surface area contributed by atoms with E-state index in [9.17, 15) is 14.0 Å². The maximum atomic E-state index is 13.6. The summed E-state index contributed by atoms with van der Waals surface area (Å²) in [6.07, 6.45) is 0. The van der Waals surface area contributed by atoms with Gasteiger partial charge in [-0.15, -0.1) is 0 Å². The maximum Gasteiger partial charge on any atom is 0.256 e. The van der Waals surface area contributed by atoms with Gasteiger partial charge in [0.1, 0.15) is 5.82 Å². The molecule has 3 rings (SSSR count). The number of fused-ring (bicyclic) bond motifs is 1. The van der Waals surface area contributed by atoms with E-state index in [1.54, 1.807) is 43.3 Å². The first-order valence-corrected chi connectivity index (χ1v) is 7.68. The fourth-order valence-electron chi connectivity index (χ4n) is 2.59. The lowest BCUT2D eigenvalue weighted by Gasteiger charge is -2.10. The van der Waals surface area contributed by atoms with Crippen LogP contribution in [0.15, 0.2) is 48.5 Å². The Morgan fingerprint density at radius 1 is 1.00 bits per heavy atom. The van der Waals surface area contributed by atoms with Crippen LogP contribution < -0.4 is 10.6 Å². The lowest BCUT2D eigenvalue weighted by molar-refractivity contribution is -0.114. The van der Waals surface area contributed by atoms with E-state index < -0.39 is 5.82 Å². The Morgan fingerprint density at radius 2 is 1.72 bits per heavy atom. The van der Waals surface area contributed by atoms with E-state index in [0.29, 0.717) is 33.5 Å². The van der Waals surface area contributed by atoms with Gasteiger partial charge in [-0.2, -0.15) is 0 Å². The van der Waals surface area contributed by atoms with Crippen molar-refractivity contribution in [3.8, 4) is 0 Å². The Kier molecular flexibility index (Phi) is 4.43. The molecule has 0 unspecified atom stereocenters. The number of nitrogens with zero attached hydrogens (tertiary/aromatic N) is 1. The van der Waals surface area contributed by atoms with Crippen molar-refractivity contribution in [2.45, 2.75) is 13.8 Å². The van der Waals surface area contributed by atoms with Gasteiger partial charge < -0.3 is 10.6 Å². The van der Waals surface area contributed by atoms with E-state index in [-0.39, 0.29) is 11.8 Å². The lowest BCUT2D eigenvalue weighted by Crippen LogP contribution is -2.14. The molecular formula is C19H16FN3O2. The molecule has 5 nitrogen and oxygen atoms in total. The Balaban J connectivity index is 1.95. The molecule has 2 N–H and O–H groups in total. The molecule has 1 heterocycles. The largest absolute Gasteiger partial charge is 0.326 e. The van der Waals surface area contributed by atoms with Gasteiger partial charge in [-0.25, -0.2) is 4.39 Å².